The second-order valence-electron chi connectivity index (χ2n) is 3.61. The highest BCUT2D eigenvalue weighted by molar-refractivity contribution is 5.95. The number of rotatable bonds is 3. The summed E-state index contributed by atoms with van der Waals surface area (Å²) in [5.41, 5.74) is -0.00980. The van der Waals surface area contributed by atoms with Crippen molar-refractivity contribution in [2.75, 3.05) is 0 Å². The molecule has 2 aromatic rings. The Kier molecular flexibility index (Phi) is 2.86. The number of halogens is 1. The minimum atomic E-state index is -0.406. The molecule has 0 amide bonds. The quantitative estimate of drug-likeness (QED) is 0.732. The maximum Gasteiger partial charge on any atom is 0.345 e. The molecule has 1 aromatic carbocycles. The number of carbonyl (C=O) groups excluding carboxylic acids is 1. The number of hydrogen-bond donors (Lipinski definition) is 0. The Bertz CT molecular complexity index is 598. The van der Waals surface area contributed by atoms with Gasteiger partial charge in [0.15, 0.2) is 5.78 Å². The van der Waals surface area contributed by atoms with Gasteiger partial charge in [0.25, 0.3) is 0 Å². The van der Waals surface area contributed by atoms with Crippen LogP contribution in [0.2, 0.25) is 0 Å². The predicted octanol–water partition coefficient (Wildman–Crippen LogP) is 0.604. The number of aromatic nitrogens is 3. The van der Waals surface area contributed by atoms with E-state index >= 15 is 0 Å². The predicted molar refractivity (Wildman–Crippen MR) is 58.2 cm³/mol. The molecular formula is C11H10FN3O2. The van der Waals surface area contributed by atoms with Crippen LogP contribution in [0.1, 0.15) is 10.4 Å². The summed E-state index contributed by atoms with van der Waals surface area (Å²) in [4.78, 5) is 23.2. The first-order chi connectivity index (χ1) is 8.08. The first-order valence-corrected chi connectivity index (χ1v) is 4.95. The number of benzene rings is 1. The van der Waals surface area contributed by atoms with Crippen LogP contribution in [0, 0.1) is 5.82 Å². The Hall–Kier alpha value is -2.24. The smallest absolute Gasteiger partial charge is 0.292 e. The molecule has 0 saturated heterocycles. The van der Waals surface area contributed by atoms with Gasteiger partial charge in [0, 0.05) is 12.6 Å². The van der Waals surface area contributed by atoms with E-state index in [4.69, 9.17) is 0 Å². The van der Waals surface area contributed by atoms with Crippen molar-refractivity contribution in [3.8, 4) is 0 Å². The SMILES string of the molecule is Cn1cnn(CC(=O)c2ccc(F)cc2)c1=O. The third-order valence-electron chi connectivity index (χ3n) is 2.35. The second-order valence-corrected chi connectivity index (χ2v) is 3.61. The third-order valence-corrected chi connectivity index (χ3v) is 2.35. The fraction of sp³-hybridized carbons (Fsp3) is 0.182. The van der Waals surface area contributed by atoms with E-state index in [1.807, 2.05) is 0 Å². The summed E-state index contributed by atoms with van der Waals surface area (Å²) in [7, 11) is 1.55. The number of Topliss-reactive ketones (excluding diaryl/α,β-unsaturated/α-hetero) is 1. The van der Waals surface area contributed by atoms with Gasteiger partial charge >= 0.3 is 5.69 Å². The molecule has 0 N–H and O–H groups in total. The summed E-state index contributed by atoms with van der Waals surface area (Å²) in [5, 5.41) is 3.77. The van der Waals surface area contributed by atoms with Gasteiger partial charge in [0.2, 0.25) is 0 Å². The van der Waals surface area contributed by atoms with Crippen LogP contribution >= 0.6 is 0 Å². The van der Waals surface area contributed by atoms with Gasteiger partial charge in [0.1, 0.15) is 18.7 Å². The van der Waals surface area contributed by atoms with E-state index in [0.29, 0.717) is 5.56 Å². The molecule has 2 rings (SSSR count). The minimum Gasteiger partial charge on any atom is -0.292 e. The molecule has 0 fully saturated rings. The largest absolute Gasteiger partial charge is 0.345 e. The van der Waals surface area contributed by atoms with Crippen molar-refractivity contribution < 1.29 is 9.18 Å². The number of carbonyl (C=O) groups is 1. The Morgan fingerprint density at radius 3 is 2.53 bits per heavy atom. The van der Waals surface area contributed by atoms with Gasteiger partial charge in [-0.25, -0.2) is 13.9 Å². The molecule has 0 aliphatic rings. The number of ketones is 1. The monoisotopic (exact) mass is 235 g/mol. The molecular weight excluding hydrogens is 225 g/mol. The van der Waals surface area contributed by atoms with Crippen LogP contribution in [0.3, 0.4) is 0 Å². The first-order valence-electron chi connectivity index (χ1n) is 4.95. The summed E-state index contributed by atoms with van der Waals surface area (Å²) in [6.45, 7) is -0.148. The summed E-state index contributed by atoms with van der Waals surface area (Å²) in [6.07, 6.45) is 1.33. The topological polar surface area (TPSA) is 56.9 Å². The van der Waals surface area contributed by atoms with E-state index in [0.717, 1.165) is 4.68 Å². The van der Waals surface area contributed by atoms with Crippen LogP contribution in [0.5, 0.6) is 0 Å². The molecule has 17 heavy (non-hydrogen) atoms. The zero-order chi connectivity index (χ0) is 12.4. The zero-order valence-corrected chi connectivity index (χ0v) is 9.13. The van der Waals surface area contributed by atoms with Crippen molar-refractivity contribution >= 4 is 5.78 Å². The lowest BCUT2D eigenvalue weighted by molar-refractivity contribution is 0.0966. The van der Waals surface area contributed by atoms with Gasteiger partial charge in [-0.2, -0.15) is 5.10 Å². The van der Waals surface area contributed by atoms with E-state index in [2.05, 4.69) is 5.10 Å². The summed E-state index contributed by atoms with van der Waals surface area (Å²) in [5.74, 6) is -0.692. The molecule has 0 radical (unpaired) electrons. The van der Waals surface area contributed by atoms with Crippen molar-refractivity contribution in [3.05, 3.63) is 52.5 Å². The van der Waals surface area contributed by atoms with Crippen LogP contribution in [0.25, 0.3) is 0 Å². The van der Waals surface area contributed by atoms with Crippen LogP contribution in [-0.2, 0) is 13.6 Å². The zero-order valence-electron chi connectivity index (χ0n) is 9.13. The highest BCUT2D eigenvalue weighted by Gasteiger charge is 2.10. The maximum atomic E-state index is 12.7. The van der Waals surface area contributed by atoms with Crippen LogP contribution < -0.4 is 5.69 Å². The van der Waals surface area contributed by atoms with Gasteiger partial charge in [-0.3, -0.25) is 9.36 Å². The Labute approximate surface area is 96.1 Å². The Morgan fingerprint density at radius 2 is 2.00 bits per heavy atom. The Morgan fingerprint density at radius 1 is 1.35 bits per heavy atom. The fourth-order valence-corrected chi connectivity index (χ4v) is 1.39. The average Bonchev–Trinajstić information content (AvgIpc) is 2.62. The molecule has 0 saturated carbocycles. The standard InChI is InChI=1S/C11H10FN3O2/c1-14-7-13-15(11(14)17)6-10(16)8-2-4-9(12)5-3-8/h2-5,7H,6H2,1H3. The van der Waals surface area contributed by atoms with Crippen LogP contribution in [0.4, 0.5) is 4.39 Å². The second kappa shape index (κ2) is 4.32. The summed E-state index contributed by atoms with van der Waals surface area (Å²) < 4.78 is 15.0. The lowest BCUT2D eigenvalue weighted by Crippen LogP contribution is -2.26. The van der Waals surface area contributed by atoms with E-state index in [9.17, 15) is 14.0 Å². The summed E-state index contributed by atoms with van der Waals surface area (Å²) in [6, 6.07) is 5.17. The van der Waals surface area contributed by atoms with E-state index in [1.54, 1.807) is 7.05 Å². The molecule has 0 spiro atoms. The molecule has 1 aromatic heterocycles. The fourth-order valence-electron chi connectivity index (χ4n) is 1.39. The number of nitrogens with zero attached hydrogens (tertiary/aromatic N) is 3. The molecule has 0 aliphatic carbocycles. The normalized spacial score (nSPS) is 10.5. The average molecular weight is 235 g/mol. The van der Waals surface area contributed by atoms with Gasteiger partial charge in [-0.05, 0) is 24.3 Å². The molecule has 1 heterocycles. The third kappa shape index (κ3) is 2.30. The molecule has 88 valence electrons. The highest BCUT2D eigenvalue weighted by Crippen LogP contribution is 2.04. The lowest BCUT2D eigenvalue weighted by atomic mass is 10.1. The molecule has 6 heteroatoms. The molecule has 5 nitrogen and oxygen atoms in total. The van der Waals surface area contributed by atoms with Crippen molar-refractivity contribution in [3.63, 3.8) is 0 Å². The van der Waals surface area contributed by atoms with Crippen molar-refractivity contribution in [2.45, 2.75) is 6.54 Å². The van der Waals surface area contributed by atoms with Crippen LogP contribution in [0.15, 0.2) is 35.4 Å². The lowest BCUT2D eigenvalue weighted by Gasteiger charge is -2.00. The Balaban J connectivity index is 2.20. The number of hydrogen-bond acceptors (Lipinski definition) is 3. The minimum absolute atomic E-state index is 0.148. The van der Waals surface area contributed by atoms with Gasteiger partial charge in [-0.1, -0.05) is 0 Å². The molecule has 0 aliphatic heterocycles. The molecule has 0 unspecified atom stereocenters. The number of aryl methyl sites for hydroxylation is 1. The van der Waals surface area contributed by atoms with Crippen LogP contribution in [-0.4, -0.2) is 20.1 Å². The van der Waals surface area contributed by atoms with Crippen molar-refractivity contribution in [2.24, 2.45) is 7.05 Å². The molecule has 0 atom stereocenters. The van der Waals surface area contributed by atoms with Gasteiger partial charge in [-0.15, -0.1) is 0 Å². The van der Waals surface area contributed by atoms with E-state index in [1.165, 1.54) is 35.2 Å². The first kappa shape index (κ1) is 11.3. The van der Waals surface area contributed by atoms with Crippen molar-refractivity contribution in [1.29, 1.82) is 0 Å². The maximum absolute atomic E-state index is 12.7. The van der Waals surface area contributed by atoms with Gasteiger partial charge in [0.05, 0.1) is 0 Å². The van der Waals surface area contributed by atoms with E-state index in [-0.39, 0.29) is 18.0 Å². The summed E-state index contributed by atoms with van der Waals surface area (Å²) >= 11 is 0. The van der Waals surface area contributed by atoms with E-state index < -0.39 is 5.82 Å². The van der Waals surface area contributed by atoms with Gasteiger partial charge < -0.3 is 0 Å². The highest BCUT2D eigenvalue weighted by atomic mass is 19.1. The van der Waals surface area contributed by atoms with Crippen molar-refractivity contribution in [1.82, 2.24) is 14.3 Å². The molecule has 0 bridgehead atoms.